The Kier molecular flexibility index (Phi) is 4.27. The summed E-state index contributed by atoms with van der Waals surface area (Å²) in [4.78, 5) is 4.29. The summed E-state index contributed by atoms with van der Waals surface area (Å²) in [5.41, 5.74) is 1.92. The minimum Gasteiger partial charge on any atom is -0.368 e. The van der Waals surface area contributed by atoms with E-state index in [1.807, 2.05) is 12.3 Å². The van der Waals surface area contributed by atoms with Crippen molar-refractivity contribution >= 4 is 21.2 Å². The molecule has 0 unspecified atom stereocenters. The van der Waals surface area contributed by atoms with Crippen molar-refractivity contribution in [1.82, 2.24) is 14.6 Å². The lowest BCUT2D eigenvalue weighted by Gasteiger charge is -2.06. The van der Waals surface area contributed by atoms with Crippen molar-refractivity contribution in [1.29, 1.82) is 0 Å². The molecule has 0 aliphatic heterocycles. The lowest BCUT2D eigenvalue weighted by Crippen LogP contribution is -2.11. The third kappa shape index (κ3) is 3.69. The van der Waals surface area contributed by atoms with Crippen LogP contribution in [0.25, 0.3) is 5.52 Å². The molecule has 0 aliphatic carbocycles. The highest BCUT2D eigenvalue weighted by atomic mass is 32.2. The Hall–Kier alpha value is -1.63. The van der Waals surface area contributed by atoms with E-state index < -0.39 is 9.84 Å². The molecule has 2 aromatic heterocycles. The van der Waals surface area contributed by atoms with Crippen molar-refractivity contribution < 1.29 is 8.42 Å². The van der Waals surface area contributed by atoms with E-state index in [0.29, 0.717) is 18.9 Å². The lowest BCUT2D eigenvalue weighted by molar-refractivity contribution is 0.600. The van der Waals surface area contributed by atoms with E-state index in [1.54, 1.807) is 10.7 Å². The molecule has 2 heterocycles. The van der Waals surface area contributed by atoms with Gasteiger partial charge in [0.2, 0.25) is 0 Å². The Bertz CT molecular complexity index is 691. The number of rotatable bonds is 6. The van der Waals surface area contributed by atoms with Crippen LogP contribution in [0.3, 0.4) is 0 Å². The molecule has 0 aromatic carbocycles. The number of hydrogen-bond donors (Lipinski definition) is 1. The van der Waals surface area contributed by atoms with Gasteiger partial charge in [-0.15, -0.1) is 0 Å². The van der Waals surface area contributed by atoms with Gasteiger partial charge in [0, 0.05) is 25.2 Å². The molecule has 1 N–H and O–H groups in total. The Morgan fingerprint density at radius 1 is 1.40 bits per heavy atom. The maximum Gasteiger partial charge on any atom is 0.152 e. The topological polar surface area (TPSA) is 76.4 Å². The molecule has 0 atom stereocenters. The second-order valence-corrected chi connectivity index (χ2v) is 7.50. The third-order valence-electron chi connectivity index (χ3n) is 2.98. The smallest absolute Gasteiger partial charge is 0.152 e. The molecular formula is C13H20N4O2S. The van der Waals surface area contributed by atoms with Gasteiger partial charge in [-0.3, -0.25) is 0 Å². The van der Waals surface area contributed by atoms with Crippen LogP contribution in [0.2, 0.25) is 0 Å². The Morgan fingerprint density at radius 2 is 2.15 bits per heavy atom. The summed E-state index contributed by atoms with van der Waals surface area (Å²) in [6, 6.07) is 2.01. The van der Waals surface area contributed by atoms with Gasteiger partial charge in [0.25, 0.3) is 0 Å². The monoisotopic (exact) mass is 296 g/mol. The van der Waals surface area contributed by atoms with Gasteiger partial charge in [-0.2, -0.15) is 5.10 Å². The van der Waals surface area contributed by atoms with Crippen LogP contribution in [0.15, 0.2) is 18.5 Å². The van der Waals surface area contributed by atoms with Crippen LogP contribution >= 0.6 is 0 Å². The van der Waals surface area contributed by atoms with Crippen molar-refractivity contribution in [2.24, 2.45) is 0 Å². The summed E-state index contributed by atoms with van der Waals surface area (Å²) < 4.78 is 23.9. The highest BCUT2D eigenvalue weighted by Gasteiger charge is 2.09. The van der Waals surface area contributed by atoms with Crippen LogP contribution in [0.4, 0.5) is 5.82 Å². The van der Waals surface area contributed by atoms with Crippen molar-refractivity contribution in [3.8, 4) is 0 Å². The number of nitrogens with one attached hydrogen (secondary N) is 1. The first-order chi connectivity index (χ1) is 9.37. The van der Waals surface area contributed by atoms with E-state index in [-0.39, 0.29) is 5.75 Å². The second kappa shape index (κ2) is 5.78. The van der Waals surface area contributed by atoms with Crippen LogP contribution in [0, 0.1) is 0 Å². The molecule has 0 aliphatic rings. The van der Waals surface area contributed by atoms with Crippen LogP contribution in [0.5, 0.6) is 0 Å². The average Bonchev–Trinajstić information content (AvgIpc) is 2.78. The zero-order valence-electron chi connectivity index (χ0n) is 12.0. The fourth-order valence-corrected chi connectivity index (χ4v) is 2.57. The predicted molar refractivity (Wildman–Crippen MR) is 79.9 cm³/mol. The van der Waals surface area contributed by atoms with Crippen molar-refractivity contribution in [3.05, 3.63) is 24.2 Å². The van der Waals surface area contributed by atoms with Crippen LogP contribution in [-0.4, -0.2) is 41.6 Å². The van der Waals surface area contributed by atoms with Gasteiger partial charge in [0.15, 0.2) is 5.82 Å². The van der Waals surface area contributed by atoms with Crippen molar-refractivity contribution in [2.75, 3.05) is 23.9 Å². The first-order valence-electron chi connectivity index (χ1n) is 6.63. The molecular weight excluding hydrogens is 276 g/mol. The molecule has 6 nitrogen and oxygen atoms in total. The summed E-state index contributed by atoms with van der Waals surface area (Å²) >= 11 is 0. The second-order valence-electron chi connectivity index (χ2n) is 5.24. The molecule has 0 radical (unpaired) electrons. The third-order valence-corrected chi connectivity index (χ3v) is 4.01. The summed E-state index contributed by atoms with van der Waals surface area (Å²) in [6.07, 6.45) is 5.30. The fraction of sp³-hybridized carbons (Fsp3) is 0.538. The summed E-state index contributed by atoms with van der Waals surface area (Å²) in [6.45, 7) is 4.75. The largest absolute Gasteiger partial charge is 0.368 e. The van der Waals surface area contributed by atoms with Crippen molar-refractivity contribution in [2.45, 2.75) is 26.2 Å². The quantitative estimate of drug-likeness (QED) is 0.821. The maximum atomic E-state index is 11.1. The van der Waals surface area contributed by atoms with Crippen LogP contribution in [-0.2, 0) is 9.84 Å². The Morgan fingerprint density at radius 3 is 2.80 bits per heavy atom. The lowest BCUT2D eigenvalue weighted by atomic mass is 10.1. The van der Waals surface area contributed by atoms with Gasteiger partial charge in [-0.25, -0.2) is 17.9 Å². The number of hydrogen-bond acceptors (Lipinski definition) is 5. The molecule has 20 heavy (non-hydrogen) atoms. The zero-order valence-corrected chi connectivity index (χ0v) is 12.8. The van der Waals surface area contributed by atoms with Gasteiger partial charge in [-0.05, 0) is 18.4 Å². The van der Waals surface area contributed by atoms with E-state index in [4.69, 9.17) is 0 Å². The highest BCUT2D eigenvalue weighted by molar-refractivity contribution is 7.90. The summed E-state index contributed by atoms with van der Waals surface area (Å²) in [5.74, 6) is 1.27. The number of sulfone groups is 1. The average molecular weight is 296 g/mol. The molecule has 110 valence electrons. The van der Waals surface area contributed by atoms with Gasteiger partial charge in [-0.1, -0.05) is 13.8 Å². The highest BCUT2D eigenvalue weighted by Crippen LogP contribution is 2.19. The zero-order chi connectivity index (χ0) is 14.8. The molecule has 0 saturated carbocycles. The Labute approximate surface area is 119 Å². The molecule has 0 bridgehead atoms. The van der Waals surface area contributed by atoms with Gasteiger partial charge in [0.05, 0.1) is 11.4 Å². The first kappa shape index (κ1) is 14.8. The molecule has 0 spiro atoms. The normalized spacial score (nSPS) is 12.2. The van der Waals surface area contributed by atoms with E-state index in [0.717, 1.165) is 17.0 Å². The fourth-order valence-electron chi connectivity index (χ4n) is 1.90. The van der Waals surface area contributed by atoms with Crippen molar-refractivity contribution in [3.63, 3.8) is 0 Å². The maximum absolute atomic E-state index is 11.1. The standard InChI is InChI=1S/C13H20N4O2S/c1-10(2)11-9-12-13(15-6-7-17(12)16-11)14-5-4-8-20(3,18)19/h6-7,9-10H,4-5,8H2,1-3H3,(H,14,15). The Balaban J connectivity index is 2.10. The molecule has 2 rings (SSSR count). The molecule has 0 fully saturated rings. The SMILES string of the molecule is CC(C)c1cc2c(NCCCS(C)(=O)=O)nccn2n1. The van der Waals surface area contributed by atoms with Gasteiger partial charge >= 0.3 is 0 Å². The van der Waals surface area contributed by atoms with E-state index in [1.165, 1.54) is 6.26 Å². The van der Waals surface area contributed by atoms with E-state index in [9.17, 15) is 8.42 Å². The summed E-state index contributed by atoms with van der Waals surface area (Å²) in [5, 5.41) is 7.66. The molecule has 7 heteroatoms. The molecule has 0 amide bonds. The number of aromatic nitrogens is 3. The van der Waals surface area contributed by atoms with E-state index >= 15 is 0 Å². The molecule has 2 aromatic rings. The minimum absolute atomic E-state index is 0.180. The van der Waals surface area contributed by atoms with Crippen LogP contribution < -0.4 is 5.32 Å². The first-order valence-corrected chi connectivity index (χ1v) is 8.69. The number of nitrogens with zero attached hydrogens (tertiary/aromatic N) is 3. The number of fused-ring (bicyclic) bond motifs is 1. The minimum atomic E-state index is -2.91. The van der Waals surface area contributed by atoms with E-state index in [2.05, 4.69) is 29.2 Å². The summed E-state index contributed by atoms with van der Waals surface area (Å²) in [7, 11) is -2.91. The van der Waals surface area contributed by atoms with Gasteiger partial charge in [0.1, 0.15) is 15.4 Å². The van der Waals surface area contributed by atoms with Crippen LogP contribution in [0.1, 0.15) is 31.9 Å². The molecule has 0 saturated heterocycles. The number of anilines is 1. The predicted octanol–water partition coefficient (Wildman–Crippen LogP) is 1.70. The van der Waals surface area contributed by atoms with Gasteiger partial charge < -0.3 is 5.32 Å².